The molecule has 1 aromatic carbocycles. The van der Waals surface area contributed by atoms with Crippen molar-refractivity contribution in [2.45, 2.75) is 23.8 Å². The first-order chi connectivity index (χ1) is 16.4. The monoisotopic (exact) mass is 478 g/mol. The Morgan fingerprint density at radius 3 is 2.50 bits per heavy atom. The average Bonchev–Trinajstić information content (AvgIpc) is 3.29. The summed E-state index contributed by atoms with van der Waals surface area (Å²) in [5.74, 6) is 0.403. The number of aromatic nitrogens is 5. The SMILES string of the molecule is CS(=O)(=O)c1ccc(-n2ncc3c(OC4CCN(C(=O)c5cccnc5)CC4)ncnc32)cc1. The smallest absolute Gasteiger partial charge is 0.255 e. The first kappa shape index (κ1) is 22.0. The number of hydrogen-bond acceptors (Lipinski definition) is 8. The molecule has 0 unspecified atom stereocenters. The van der Waals surface area contributed by atoms with Crippen molar-refractivity contribution in [3.8, 4) is 11.6 Å². The van der Waals surface area contributed by atoms with Crippen molar-refractivity contribution in [2.24, 2.45) is 0 Å². The second-order valence-corrected chi connectivity index (χ2v) is 10.1. The fraction of sp³-hybridized carbons (Fsp3) is 0.261. The van der Waals surface area contributed by atoms with E-state index in [0.717, 1.165) is 0 Å². The summed E-state index contributed by atoms with van der Waals surface area (Å²) < 4.78 is 31.2. The van der Waals surface area contributed by atoms with Gasteiger partial charge in [0.15, 0.2) is 15.5 Å². The summed E-state index contributed by atoms with van der Waals surface area (Å²) in [6.07, 6.45) is 8.71. The number of amides is 1. The van der Waals surface area contributed by atoms with E-state index in [1.165, 1.54) is 24.7 Å². The van der Waals surface area contributed by atoms with Gasteiger partial charge < -0.3 is 9.64 Å². The summed E-state index contributed by atoms with van der Waals surface area (Å²) >= 11 is 0. The first-order valence-electron chi connectivity index (χ1n) is 10.8. The van der Waals surface area contributed by atoms with Crippen LogP contribution in [-0.2, 0) is 9.84 Å². The van der Waals surface area contributed by atoms with E-state index in [2.05, 4.69) is 20.1 Å². The van der Waals surface area contributed by atoms with Crippen LogP contribution in [-0.4, -0.2) is 69.4 Å². The lowest BCUT2D eigenvalue weighted by atomic mass is 10.1. The lowest BCUT2D eigenvalue weighted by Crippen LogP contribution is -2.41. The van der Waals surface area contributed by atoms with Crippen molar-refractivity contribution in [3.05, 3.63) is 66.9 Å². The van der Waals surface area contributed by atoms with E-state index < -0.39 is 9.84 Å². The summed E-state index contributed by atoms with van der Waals surface area (Å²) in [4.78, 5) is 27.3. The van der Waals surface area contributed by atoms with E-state index >= 15 is 0 Å². The Kier molecular flexibility index (Phi) is 5.70. The zero-order valence-electron chi connectivity index (χ0n) is 18.4. The van der Waals surface area contributed by atoms with E-state index in [1.54, 1.807) is 47.5 Å². The van der Waals surface area contributed by atoms with Gasteiger partial charge in [0.2, 0.25) is 5.88 Å². The van der Waals surface area contributed by atoms with Gasteiger partial charge in [0.05, 0.1) is 22.3 Å². The Morgan fingerprint density at radius 2 is 1.82 bits per heavy atom. The molecular weight excluding hydrogens is 456 g/mol. The molecule has 34 heavy (non-hydrogen) atoms. The molecule has 4 heterocycles. The normalized spacial score (nSPS) is 14.9. The molecule has 5 rings (SSSR count). The molecule has 0 aliphatic carbocycles. The van der Waals surface area contributed by atoms with Crippen LogP contribution in [0.15, 0.2) is 66.2 Å². The van der Waals surface area contributed by atoms with E-state index in [0.29, 0.717) is 54.1 Å². The number of benzene rings is 1. The zero-order chi connectivity index (χ0) is 23.7. The first-order valence-corrected chi connectivity index (χ1v) is 12.6. The molecule has 0 bridgehead atoms. The molecule has 1 amide bonds. The highest BCUT2D eigenvalue weighted by Gasteiger charge is 2.26. The lowest BCUT2D eigenvalue weighted by Gasteiger charge is -2.32. The molecule has 3 aromatic heterocycles. The van der Waals surface area contributed by atoms with Crippen LogP contribution in [0, 0.1) is 0 Å². The number of piperidine rings is 1. The van der Waals surface area contributed by atoms with Gasteiger partial charge in [-0.15, -0.1) is 0 Å². The second-order valence-electron chi connectivity index (χ2n) is 8.09. The molecule has 1 aliphatic rings. The van der Waals surface area contributed by atoms with Crippen molar-refractivity contribution in [1.82, 2.24) is 29.6 Å². The largest absolute Gasteiger partial charge is 0.474 e. The van der Waals surface area contributed by atoms with Gasteiger partial charge in [-0.1, -0.05) is 0 Å². The topological polar surface area (TPSA) is 120 Å². The number of ether oxygens (including phenoxy) is 1. The Hall–Kier alpha value is -3.86. The number of rotatable bonds is 5. The molecule has 1 fully saturated rings. The van der Waals surface area contributed by atoms with Crippen LogP contribution < -0.4 is 4.74 Å². The van der Waals surface area contributed by atoms with Crippen LogP contribution in [0.2, 0.25) is 0 Å². The van der Waals surface area contributed by atoms with Crippen LogP contribution in [0.5, 0.6) is 5.88 Å². The Bertz CT molecular complexity index is 1430. The average molecular weight is 479 g/mol. The molecule has 0 saturated carbocycles. The van der Waals surface area contributed by atoms with Crippen molar-refractivity contribution < 1.29 is 17.9 Å². The predicted octanol–water partition coefficient (Wildman–Crippen LogP) is 2.30. The number of likely N-dealkylation sites (tertiary alicyclic amines) is 1. The summed E-state index contributed by atoms with van der Waals surface area (Å²) in [5.41, 5.74) is 1.81. The number of pyridine rings is 1. The number of hydrogen-bond donors (Lipinski definition) is 0. The van der Waals surface area contributed by atoms with E-state index in [-0.39, 0.29) is 16.9 Å². The van der Waals surface area contributed by atoms with Crippen molar-refractivity contribution in [2.75, 3.05) is 19.3 Å². The molecule has 0 spiro atoms. The van der Waals surface area contributed by atoms with Crippen LogP contribution in [0.3, 0.4) is 0 Å². The number of nitrogens with zero attached hydrogens (tertiary/aromatic N) is 6. The molecule has 10 nitrogen and oxygen atoms in total. The summed E-state index contributed by atoms with van der Waals surface area (Å²) in [6, 6.07) is 9.96. The maximum absolute atomic E-state index is 12.6. The fourth-order valence-corrected chi connectivity index (χ4v) is 4.58. The molecule has 0 N–H and O–H groups in total. The molecular formula is C23H22N6O4S. The van der Waals surface area contributed by atoms with E-state index in [4.69, 9.17) is 4.74 Å². The highest BCUT2D eigenvalue weighted by Crippen LogP contribution is 2.27. The van der Waals surface area contributed by atoms with Crippen molar-refractivity contribution >= 4 is 26.8 Å². The summed E-state index contributed by atoms with van der Waals surface area (Å²) in [7, 11) is -3.28. The Labute approximate surface area is 196 Å². The Balaban J connectivity index is 1.30. The van der Waals surface area contributed by atoms with Crippen molar-refractivity contribution in [1.29, 1.82) is 0 Å². The summed E-state index contributed by atoms with van der Waals surface area (Å²) in [6.45, 7) is 1.16. The van der Waals surface area contributed by atoms with Crippen LogP contribution in [0.1, 0.15) is 23.2 Å². The minimum atomic E-state index is -3.28. The highest BCUT2D eigenvalue weighted by atomic mass is 32.2. The van der Waals surface area contributed by atoms with Gasteiger partial charge in [-0.05, 0) is 36.4 Å². The second kappa shape index (κ2) is 8.82. The Morgan fingerprint density at radius 1 is 1.06 bits per heavy atom. The summed E-state index contributed by atoms with van der Waals surface area (Å²) in [5, 5.41) is 5.06. The van der Waals surface area contributed by atoms with Gasteiger partial charge in [0.25, 0.3) is 5.91 Å². The maximum Gasteiger partial charge on any atom is 0.255 e. The fourth-order valence-electron chi connectivity index (χ4n) is 3.95. The number of sulfone groups is 1. The standard InChI is InChI=1S/C23H22N6O4S/c1-34(31,32)19-6-4-17(5-7-19)29-21-20(14-27-29)22(26-15-25-21)33-18-8-11-28(12-9-18)23(30)16-3-2-10-24-13-16/h2-7,10,13-15,18H,8-9,11-12H2,1H3. The van der Waals surface area contributed by atoms with Gasteiger partial charge in [-0.3, -0.25) is 9.78 Å². The van der Waals surface area contributed by atoms with Gasteiger partial charge >= 0.3 is 0 Å². The highest BCUT2D eigenvalue weighted by molar-refractivity contribution is 7.90. The molecule has 4 aromatic rings. The van der Waals surface area contributed by atoms with Crippen LogP contribution in [0.25, 0.3) is 16.7 Å². The molecule has 1 aliphatic heterocycles. The van der Waals surface area contributed by atoms with Crippen LogP contribution >= 0.6 is 0 Å². The molecule has 0 radical (unpaired) electrons. The van der Waals surface area contributed by atoms with Gasteiger partial charge in [0.1, 0.15) is 17.8 Å². The quantitative estimate of drug-likeness (QED) is 0.429. The molecule has 0 atom stereocenters. The molecule has 1 saturated heterocycles. The maximum atomic E-state index is 12.6. The third-order valence-corrected chi connectivity index (χ3v) is 6.88. The van der Waals surface area contributed by atoms with E-state index in [9.17, 15) is 13.2 Å². The van der Waals surface area contributed by atoms with Crippen molar-refractivity contribution in [3.63, 3.8) is 0 Å². The van der Waals surface area contributed by atoms with E-state index in [1.807, 2.05) is 4.90 Å². The van der Waals surface area contributed by atoms with Crippen LogP contribution in [0.4, 0.5) is 0 Å². The third kappa shape index (κ3) is 4.34. The number of carbonyl (C=O) groups is 1. The number of fused-ring (bicyclic) bond motifs is 1. The third-order valence-electron chi connectivity index (χ3n) is 5.75. The van der Waals surface area contributed by atoms with Gasteiger partial charge in [-0.2, -0.15) is 5.10 Å². The number of carbonyl (C=O) groups excluding carboxylic acids is 1. The minimum Gasteiger partial charge on any atom is -0.474 e. The predicted molar refractivity (Wildman–Crippen MR) is 124 cm³/mol. The lowest BCUT2D eigenvalue weighted by molar-refractivity contribution is 0.0590. The van der Waals surface area contributed by atoms with Gasteiger partial charge in [-0.25, -0.2) is 23.1 Å². The van der Waals surface area contributed by atoms with Gasteiger partial charge in [0, 0.05) is 44.6 Å². The molecule has 174 valence electrons. The zero-order valence-corrected chi connectivity index (χ0v) is 19.2. The molecule has 11 heteroatoms. The minimum absolute atomic E-state index is 0.0286.